The van der Waals surface area contributed by atoms with E-state index in [0.717, 1.165) is 26.5 Å². The number of thiazole rings is 1. The van der Waals surface area contributed by atoms with Crippen molar-refractivity contribution in [3.8, 4) is 6.07 Å². The molecule has 0 spiro atoms. The van der Waals surface area contributed by atoms with Crippen LogP contribution < -0.4 is 4.90 Å². The van der Waals surface area contributed by atoms with E-state index >= 15 is 0 Å². The third-order valence-electron chi connectivity index (χ3n) is 3.37. The molecule has 108 valence electrons. The van der Waals surface area contributed by atoms with E-state index in [-0.39, 0.29) is 0 Å². The van der Waals surface area contributed by atoms with Crippen molar-refractivity contribution < 1.29 is 0 Å². The molecule has 0 aliphatic rings. The molecule has 0 amide bonds. The number of nitrogens with zero attached hydrogens (tertiary/aromatic N) is 3. The van der Waals surface area contributed by atoms with Gasteiger partial charge in [0.05, 0.1) is 15.8 Å². The average molecular weight is 305 g/mol. The van der Waals surface area contributed by atoms with Crippen molar-refractivity contribution >= 4 is 38.9 Å². The van der Waals surface area contributed by atoms with Crippen molar-refractivity contribution in [2.45, 2.75) is 0 Å². The van der Waals surface area contributed by atoms with Crippen LogP contribution in [0.15, 0.2) is 48.5 Å². The number of hydrogen-bond donors (Lipinski definition) is 0. The number of aromatic nitrogens is 1. The molecule has 0 radical (unpaired) electrons. The molecule has 0 fully saturated rings. The van der Waals surface area contributed by atoms with Gasteiger partial charge in [0, 0.05) is 19.8 Å². The summed E-state index contributed by atoms with van der Waals surface area (Å²) in [6.07, 6.45) is 1.89. The van der Waals surface area contributed by atoms with Crippen LogP contribution >= 0.6 is 11.3 Å². The van der Waals surface area contributed by atoms with Gasteiger partial charge in [-0.2, -0.15) is 5.26 Å². The van der Waals surface area contributed by atoms with E-state index in [9.17, 15) is 5.26 Å². The second kappa shape index (κ2) is 6.00. The van der Waals surface area contributed by atoms with Crippen molar-refractivity contribution in [3.63, 3.8) is 0 Å². The molecule has 0 aliphatic heterocycles. The molecule has 0 bridgehead atoms. The summed E-state index contributed by atoms with van der Waals surface area (Å²) in [6.45, 7) is 0. The molecule has 1 heterocycles. The van der Waals surface area contributed by atoms with Gasteiger partial charge in [0.15, 0.2) is 0 Å². The first kappa shape index (κ1) is 14.3. The number of benzene rings is 2. The van der Waals surface area contributed by atoms with Crippen LogP contribution in [0.2, 0.25) is 0 Å². The fourth-order valence-electron chi connectivity index (χ4n) is 2.16. The molecule has 0 aliphatic carbocycles. The van der Waals surface area contributed by atoms with Gasteiger partial charge in [0.25, 0.3) is 0 Å². The Morgan fingerprint density at radius 3 is 2.50 bits per heavy atom. The molecule has 4 heteroatoms. The summed E-state index contributed by atoms with van der Waals surface area (Å²) in [6, 6.07) is 18.3. The summed E-state index contributed by atoms with van der Waals surface area (Å²) in [4.78, 5) is 6.59. The largest absolute Gasteiger partial charge is 0.378 e. The molecule has 1 aromatic heterocycles. The van der Waals surface area contributed by atoms with Crippen molar-refractivity contribution in [3.05, 3.63) is 59.1 Å². The highest BCUT2D eigenvalue weighted by Gasteiger charge is 2.08. The zero-order valence-corrected chi connectivity index (χ0v) is 13.3. The normalized spacial score (nSPS) is 11.4. The quantitative estimate of drug-likeness (QED) is 0.672. The Bertz CT molecular complexity index is 834. The lowest BCUT2D eigenvalue weighted by atomic mass is 10.1. The number of rotatable bonds is 3. The zero-order chi connectivity index (χ0) is 15.5. The minimum atomic E-state index is 0.596. The lowest BCUT2D eigenvalue weighted by Crippen LogP contribution is -2.07. The summed E-state index contributed by atoms with van der Waals surface area (Å²) in [5.74, 6) is 0. The monoisotopic (exact) mass is 305 g/mol. The summed E-state index contributed by atoms with van der Waals surface area (Å²) in [5, 5.41) is 10.2. The van der Waals surface area contributed by atoms with Gasteiger partial charge in [-0.3, -0.25) is 0 Å². The van der Waals surface area contributed by atoms with E-state index in [1.165, 1.54) is 0 Å². The van der Waals surface area contributed by atoms with Gasteiger partial charge >= 0.3 is 0 Å². The minimum Gasteiger partial charge on any atom is -0.378 e. The van der Waals surface area contributed by atoms with Crippen LogP contribution in [-0.4, -0.2) is 19.1 Å². The van der Waals surface area contributed by atoms with Gasteiger partial charge in [0.1, 0.15) is 11.1 Å². The Morgan fingerprint density at radius 2 is 1.86 bits per heavy atom. The Morgan fingerprint density at radius 1 is 1.14 bits per heavy atom. The van der Waals surface area contributed by atoms with Crippen LogP contribution in [-0.2, 0) is 0 Å². The minimum absolute atomic E-state index is 0.596. The van der Waals surface area contributed by atoms with Crippen molar-refractivity contribution in [1.29, 1.82) is 5.26 Å². The molecule has 0 unspecified atom stereocenters. The number of nitriles is 1. The van der Waals surface area contributed by atoms with E-state index in [2.05, 4.69) is 11.1 Å². The third-order valence-corrected chi connectivity index (χ3v) is 4.43. The summed E-state index contributed by atoms with van der Waals surface area (Å²) >= 11 is 1.55. The van der Waals surface area contributed by atoms with Crippen molar-refractivity contribution in [2.75, 3.05) is 19.0 Å². The second-order valence-corrected chi connectivity index (χ2v) is 6.17. The van der Waals surface area contributed by atoms with Gasteiger partial charge in [-0.05, 0) is 35.9 Å². The molecular weight excluding hydrogens is 290 g/mol. The fourth-order valence-corrected chi connectivity index (χ4v) is 3.10. The Hall–Kier alpha value is -2.64. The topological polar surface area (TPSA) is 39.9 Å². The standard InChI is InChI=1S/C18H15N3S/c1-21(2)15-9-7-13(8-10-15)11-14(12-19)18-20-16-5-3-4-6-17(16)22-18/h3-11H,1-2H3/b14-11+. The molecule has 2 aromatic carbocycles. The predicted octanol–water partition coefficient (Wildman–Crippen LogP) is 4.43. The molecule has 3 aromatic rings. The van der Waals surface area contributed by atoms with Crippen LogP contribution in [0.25, 0.3) is 21.9 Å². The van der Waals surface area contributed by atoms with Crippen LogP contribution in [0.1, 0.15) is 10.6 Å². The SMILES string of the molecule is CN(C)c1ccc(/C=C(\C#N)c2nc3ccccc3s2)cc1. The van der Waals surface area contributed by atoms with Gasteiger partial charge in [0.2, 0.25) is 0 Å². The zero-order valence-electron chi connectivity index (χ0n) is 12.4. The average Bonchev–Trinajstić information content (AvgIpc) is 2.96. The van der Waals surface area contributed by atoms with Crippen molar-refractivity contribution in [1.82, 2.24) is 4.98 Å². The predicted molar refractivity (Wildman–Crippen MR) is 93.9 cm³/mol. The van der Waals surface area contributed by atoms with Crippen LogP contribution in [0, 0.1) is 11.3 Å². The summed E-state index contributed by atoms with van der Waals surface area (Å²) in [5.41, 5.74) is 3.67. The molecule has 0 saturated carbocycles. The van der Waals surface area contributed by atoms with Gasteiger partial charge in [-0.15, -0.1) is 11.3 Å². The smallest absolute Gasteiger partial charge is 0.135 e. The first-order chi connectivity index (χ1) is 10.7. The highest BCUT2D eigenvalue weighted by atomic mass is 32.1. The Labute approximate surface area is 133 Å². The maximum absolute atomic E-state index is 9.45. The number of para-hydroxylation sites is 1. The first-order valence-corrected chi connectivity index (χ1v) is 7.74. The molecular formula is C18H15N3S. The highest BCUT2D eigenvalue weighted by molar-refractivity contribution is 7.19. The number of allylic oxidation sites excluding steroid dienone is 1. The number of hydrogen-bond acceptors (Lipinski definition) is 4. The second-order valence-electron chi connectivity index (χ2n) is 5.14. The van der Waals surface area contributed by atoms with E-state index in [1.807, 2.05) is 73.6 Å². The van der Waals surface area contributed by atoms with Crippen LogP contribution in [0.5, 0.6) is 0 Å². The number of anilines is 1. The lowest BCUT2D eigenvalue weighted by molar-refractivity contribution is 1.13. The molecule has 0 saturated heterocycles. The van der Waals surface area contributed by atoms with Gasteiger partial charge in [-0.25, -0.2) is 4.98 Å². The van der Waals surface area contributed by atoms with E-state index in [1.54, 1.807) is 11.3 Å². The summed E-state index contributed by atoms with van der Waals surface area (Å²) in [7, 11) is 4.01. The Kier molecular flexibility index (Phi) is 3.90. The molecule has 3 nitrogen and oxygen atoms in total. The third kappa shape index (κ3) is 2.85. The van der Waals surface area contributed by atoms with Gasteiger partial charge < -0.3 is 4.90 Å². The molecule has 0 atom stereocenters. The van der Waals surface area contributed by atoms with E-state index in [0.29, 0.717) is 5.57 Å². The van der Waals surface area contributed by atoms with Gasteiger partial charge in [-0.1, -0.05) is 24.3 Å². The van der Waals surface area contributed by atoms with Crippen LogP contribution in [0.3, 0.4) is 0 Å². The number of fused-ring (bicyclic) bond motifs is 1. The maximum atomic E-state index is 9.45. The molecule has 0 N–H and O–H groups in total. The first-order valence-electron chi connectivity index (χ1n) is 6.92. The fraction of sp³-hybridized carbons (Fsp3) is 0.111. The lowest BCUT2D eigenvalue weighted by Gasteiger charge is -2.11. The van der Waals surface area contributed by atoms with E-state index in [4.69, 9.17) is 0 Å². The highest BCUT2D eigenvalue weighted by Crippen LogP contribution is 2.28. The van der Waals surface area contributed by atoms with E-state index < -0.39 is 0 Å². The summed E-state index contributed by atoms with van der Waals surface area (Å²) < 4.78 is 1.10. The molecule has 22 heavy (non-hydrogen) atoms. The Balaban J connectivity index is 1.97. The van der Waals surface area contributed by atoms with Crippen molar-refractivity contribution in [2.24, 2.45) is 0 Å². The maximum Gasteiger partial charge on any atom is 0.135 e. The molecule has 3 rings (SSSR count). The van der Waals surface area contributed by atoms with Crippen LogP contribution in [0.4, 0.5) is 5.69 Å².